The summed E-state index contributed by atoms with van der Waals surface area (Å²) >= 11 is 0. The van der Waals surface area contributed by atoms with Gasteiger partial charge in [0.25, 0.3) is 5.91 Å². The van der Waals surface area contributed by atoms with Crippen LogP contribution in [0.5, 0.6) is 0 Å². The highest BCUT2D eigenvalue weighted by atomic mass is 16.2. The molecule has 0 radical (unpaired) electrons. The summed E-state index contributed by atoms with van der Waals surface area (Å²) in [5, 5.41) is 5.16. The van der Waals surface area contributed by atoms with E-state index in [-0.39, 0.29) is 17.7 Å². The van der Waals surface area contributed by atoms with Gasteiger partial charge in [-0.1, -0.05) is 48.5 Å². The minimum Gasteiger partial charge on any atom is -0.339 e. The van der Waals surface area contributed by atoms with E-state index in [1.54, 1.807) is 0 Å². The number of benzene rings is 3. The lowest BCUT2D eigenvalue weighted by atomic mass is 9.95. The molecule has 4 heteroatoms. The number of para-hydroxylation sites is 1. The van der Waals surface area contributed by atoms with E-state index in [1.165, 1.54) is 0 Å². The summed E-state index contributed by atoms with van der Waals surface area (Å²) in [6, 6.07) is 23.4. The number of nitrogens with one attached hydrogen (secondary N) is 1. The number of anilines is 1. The molecule has 1 saturated heterocycles. The maximum absolute atomic E-state index is 12.8. The zero-order valence-electron chi connectivity index (χ0n) is 15.1. The Hall–Kier alpha value is -3.14. The molecule has 0 saturated carbocycles. The average Bonchev–Trinajstić information content (AvgIpc) is 2.73. The van der Waals surface area contributed by atoms with E-state index < -0.39 is 0 Å². The van der Waals surface area contributed by atoms with Crippen LogP contribution in [0.15, 0.2) is 72.8 Å². The Morgan fingerprint density at radius 3 is 2.22 bits per heavy atom. The van der Waals surface area contributed by atoms with Crippen LogP contribution >= 0.6 is 0 Å². The molecule has 0 spiro atoms. The molecule has 136 valence electrons. The van der Waals surface area contributed by atoms with Crippen LogP contribution in [-0.2, 0) is 4.79 Å². The van der Waals surface area contributed by atoms with Gasteiger partial charge in [0.15, 0.2) is 0 Å². The highest BCUT2D eigenvalue weighted by molar-refractivity contribution is 5.99. The smallest absolute Gasteiger partial charge is 0.253 e. The number of rotatable bonds is 3. The first-order chi connectivity index (χ1) is 13.2. The predicted molar refractivity (Wildman–Crippen MR) is 108 cm³/mol. The van der Waals surface area contributed by atoms with Gasteiger partial charge in [0.2, 0.25) is 5.91 Å². The van der Waals surface area contributed by atoms with E-state index >= 15 is 0 Å². The number of amides is 2. The fourth-order valence-electron chi connectivity index (χ4n) is 3.62. The number of fused-ring (bicyclic) bond motifs is 1. The molecule has 3 aromatic carbocycles. The van der Waals surface area contributed by atoms with Gasteiger partial charge in [-0.15, -0.1) is 0 Å². The fraction of sp³-hybridized carbons (Fsp3) is 0.217. The first-order valence-corrected chi connectivity index (χ1v) is 9.35. The molecule has 4 nitrogen and oxygen atoms in total. The number of hydrogen-bond acceptors (Lipinski definition) is 2. The van der Waals surface area contributed by atoms with Crippen LogP contribution in [0.1, 0.15) is 23.2 Å². The Morgan fingerprint density at radius 1 is 0.815 bits per heavy atom. The maximum atomic E-state index is 12.8. The van der Waals surface area contributed by atoms with Gasteiger partial charge in [0.1, 0.15) is 0 Å². The van der Waals surface area contributed by atoms with Crippen molar-refractivity contribution in [3.05, 3.63) is 78.4 Å². The Morgan fingerprint density at radius 2 is 1.48 bits per heavy atom. The molecule has 1 heterocycles. The topological polar surface area (TPSA) is 49.4 Å². The molecule has 0 aliphatic carbocycles. The molecular formula is C23H22N2O2. The van der Waals surface area contributed by atoms with Crippen molar-refractivity contribution in [1.29, 1.82) is 0 Å². The third kappa shape index (κ3) is 3.85. The SMILES string of the molecule is O=C(Nc1ccccc1)C1CCN(C(=O)c2ccc3ccccc3c2)CC1. The van der Waals surface area contributed by atoms with Crippen LogP contribution in [0.4, 0.5) is 5.69 Å². The first kappa shape index (κ1) is 17.3. The lowest BCUT2D eigenvalue weighted by Gasteiger charge is -2.31. The van der Waals surface area contributed by atoms with E-state index in [2.05, 4.69) is 5.32 Å². The first-order valence-electron chi connectivity index (χ1n) is 9.35. The lowest BCUT2D eigenvalue weighted by molar-refractivity contribution is -0.121. The largest absolute Gasteiger partial charge is 0.339 e. The summed E-state index contributed by atoms with van der Waals surface area (Å²) < 4.78 is 0. The Balaban J connectivity index is 1.38. The molecule has 0 bridgehead atoms. The quantitative estimate of drug-likeness (QED) is 0.757. The zero-order chi connectivity index (χ0) is 18.6. The number of carbonyl (C=O) groups excluding carboxylic acids is 2. The third-order valence-electron chi connectivity index (χ3n) is 5.19. The van der Waals surface area contributed by atoms with Gasteiger partial charge >= 0.3 is 0 Å². The molecule has 1 N–H and O–H groups in total. The van der Waals surface area contributed by atoms with E-state index in [4.69, 9.17) is 0 Å². The summed E-state index contributed by atoms with van der Waals surface area (Å²) in [5.41, 5.74) is 1.53. The molecule has 1 aliphatic heterocycles. The molecule has 0 unspecified atom stereocenters. The number of likely N-dealkylation sites (tertiary alicyclic amines) is 1. The summed E-state index contributed by atoms with van der Waals surface area (Å²) in [5.74, 6) is 0.0348. The van der Waals surface area contributed by atoms with Crippen molar-refractivity contribution in [2.75, 3.05) is 18.4 Å². The van der Waals surface area contributed by atoms with E-state index in [9.17, 15) is 9.59 Å². The lowest BCUT2D eigenvalue weighted by Crippen LogP contribution is -2.41. The molecule has 0 atom stereocenters. The number of piperidine rings is 1. The third-order valence-corrected chi connectivity index (χ3v) is 5.19. The van der Waals surface area contributed by atoms with Crippen LogP contribution < -0.4 is 5.32 Å². The summed E-state index contributed by atoms with van der Waals surface area (Å²) in [6.45, 7) is 1.22. The Bertz CT molecular complexity index is 960. The van der Waals surface area contributed by atoms with Gasteiger partial charge in [0, 0.05) is 30.3 Å². The van der Waals surface area contributed by atoms with E-state index in [0.717, 1.165) is 16.5 Å². The predicted octanol–water partition coefficient (Wildman–Crippen LogP) is 4.33. The van der Waals surface area contributed by atoms with Gasteiger partial charge in [0.05, 0.1) is 0 Å². The highest BCUT2D eigenvalue weighted by Crippen LogP contribution is 2.22. The summed E-state index contributed by atoms with van der Waals surface area (Å²) in [7, 11) is 0. The molecule has 2 amide bonds. The van der Waals surface area contributed by atoms with Crippen molar-refractivity contribution in [2.45, 2.75) is 12.8 Å². The molecule has 0 aromatic heterocycles. The van der Waals surface area contributed by atoms with Gasteiger partial charge in [-0.2, -0.15) is 0 Å². The maximum Gasteiger partial charge on any atom is 0.253 e. The van der Waals surface area contributed by atoms with Crippen LogP contribution in [0.25, 0.3) is 10.8 Å². The number of hydrogen-bond donors (Lipinski definition) is 1. The van der Waals surface area contributed by atoms with Crippen molar-refractivity contribution in [2.24, 2.45) is 5.92 Å². The van der Waals surface area contributed by atoms with Crippen LogP contribution in [-0.4, -0.2) is 29.8 Å². The monoisotopic (exact) mass is 358 g/mol. The number of carbonyl (C=O) groups is 2. The summed E-state index contributed by atoms with van der Waals surface area (Å²) in [4.78, 5) is 27.1. The molecule has 1 fully saturated rings. The Kier molecular flexibility index (Phi) is 4.88. The molecular weight excluding hydrogens is 336 g/mol. The second-order valence-electron chi connectivity index (χ2n) is 6.98. The van der Waals surface area contributed by atoms with Gasteiger partial charge in [-0.3, -0.25) is 9.59 Å². The molecule has 3 aromatic rings. The van der Waals surface area contributed by atoms with Gasteiger partial charge < -0.3 is 10.2 Å². The molecule has 27 heavy (non-hydrogen) atoms. The van der Waals surface area contributed by atoms with Crippen LogP contribution in [0, 0.1) is 5.92 Å². The van der Waals surface area contributed by atoms with Gasteiger partial charge in [-0.25, -0.2) is 0 Å². The zero-order valence-corrected chi connectivity index (χ0v) is 15.1. The Labute approximate surface area is 158 Å². The number of nitrogens with zero attached hydrogens (tertiary/aromatic N) is 1. The molecule has 4 rings (SSSR count). The van der Waals surface area contributed by atoms with Crippen molar-refractivity contribution in [3.63, 3.8) is 0 Å². The van der Waals surface area contributed by atoms with Crippen LogP contribution in [0.2, 0.25) is 0 Å². The highest BCUT2D eigenvalue weighted by Gasteiger charge is 2.27. The second kappa shape index (κ2) is 7.62. The summed E-state index contributed by atoms with van der Waals surface area (Å²) in [6.07, 6.45) is 1.38. The standard InChI is InChI=1S/C23H22N2O2/c26-22(24-21-8-2-1-3-9-21)18-12-14-25(15-13-18)23(27)20-11-10-17-6-4-5-7-19(17)16-20/h1-11,16,18H,12-15H2,(H,24,26). The van der Waals surface area contributed by atoms with E-state index in [1.807, 2.05) is 77.7 Å². The van der Waals surface area contributed by atoms with Crippen molar-refractivity contribution < 1.29 is 9.59 Å². The second-order valence-corrected chi connectivity index (χ2v) is 6.98. The van der Waals surface area contributed by atoms with E-state index in [0.29, 0.717) is 31.5 Å². The van der Waals surface area contributed by atoms with Crippen LogP contribution in [0.3, 0.4) is 0 Å². The van der Waals surface area contributed by atoms with Gasteiger partial charge in [-0.05, 0) is 47.9 Å². The minimum absolute atomic E-state index is 0.0407. The average molecular weight is 358 g/mol. The minimum atomic E-state index is -0.0501. The normalized spacial score (nSPS) is 14.9. The fourth-order valence-corrected chi connectivity index (χ4v) is 3.62. The molecule has 1 aliphatic rings. The van der Waals surface area contributed by atoms with Crippen molar-refractivity contribution >= 4 is 28.3 Å². The van der Waals surface area contributed by atoms with Crippen molar-refractivity contribution in [1.82, 2.24) is 4.90 Å². The van der Waals surface area contributed by atoms with Crippen molar-refractivity contribution in [3.8, 4) is 0 Å².